The predicted octanol–water partition coefficient (Wildman–Crippen LogP) is 5.40. The number of nitrogens with one attached hydrogen (secondary N) is 1. The summed E-state index contributed by atoms with van der Waals surface area (Å²) in [5.41, 5.74) is 6.29. The number of imidazole rings is 1. The minimum absolute atomic E-state index is 0.0332. The van der Waals surface area contributed by atoms with Gasteiger partial charge in [-0.1, -0.05) is 42.0 Å². The van der Waals surface area contributed by atoms with Crippen LogP contribution in [0.1, 0.15) is 39.3 Å². The molecule has 0 saturated carbocycles. The Balaban J connectivity index is 1.38. The zero-order valence-corrected chi connectivity index (χ0v) is 19.6. The fraction of sp³-hybridized carbons (Fsp3) is 0.286. The van der Waals surface area contributed by atoms with Gasteiger partial charge in [-0.25, -0.2) is 4.98 Å². The Hall–Kier alpha value is -3.60. The van der Waals surface area contributed by atoms with Gasteiger partial charge in [-0.05, 0) is 68.7 Å². The lowest BCUT2D eigenvalue weighted by atomic mass is 10.1. The molecule has 5 heteroatoms. The topological polar surface area (TPSA) is 56.2 Å². The quantitative estimate of drug-likeness (QED) is 0.354. The van der Waals surface area contributed by atoms with E-state index in [0.717, 1.165) is 47.6 Å². The highest BCUT2D eigenvalue weighted by atomic mass is 16.5. The van der Waals surface area contributed by atoms with E-state index in [-0.39, 0.29) is 5.91 Å². The molecule has 0 aliphatic carbocycles. The maximum absolute atomic E-state index is 12.4. The summed E-state index contributed by atoms with van der Waals surface area (Å²) in [5.74, 6) is 1.92. The van der Waals surface area contributed by atoms with Gasteiger partial charge in [0.25, 0.3) is 5.91 Å². The minimum Gasteiger partial charge on any atom is -0.491 e. The summed E-state index contributed by atoms with van der Waals surface area (Å²) in [6, 6.07) is 22.0. The Bertz CT molecular complexity index is 1260. The number of para-hydroxylation sites is 2. The standard InChI is InChI=1S/C28H31N3O2/c1-20-9-6-11-23(19-20)28(32)29-16-8-15-27-30-24-12-4-5-13-25(24)31(27)17-18-33-26-14-7-10-21(2)22(26)3/h4-7,9-14,19H,8,15-18H2,1-3H3,(H,29,32). The molecule has 0 fully saturated rings. The number of hydrogen-bond acceptors (Lipinski definition) is 3. The number of carbonyl (C=O) groups excluding carboxylic acids is 1. The van der Waals surface area contributed by atoms with Gasteiger partial charge in [0, 0.05) is 18.5 Å². The van der Waals surface area contributed by atoms with E-state index >= 15 is 0 Å². The van der Waals surface area contributed by atoms with Gasteiger partial charge in [-0.2, -0.15) is 0 Å². The fourth-order valence-electron chi connectivity index (χ4n) is 4.03. The number of aromatic nitrogens is 2. The van der Waals surface area contributed by atoms with E-state index in [0.29, 0.717) is 18.7 Å². The fourth-order valence-corrected chi connectivity index (χ4v) is 4.03. The van der Waals surface area contributed by atoms with E-state index in [1.807, 2.05) is 61.5 Å². The number of carbonyl (C=O) groups is 1. The highest BCUT2D eigenvalue weighted by molar-refractivity contribution is 5.94. The third kappa shape index (κ3) is 5.43. The molecule has 170 valence electrons. The largest absolute Gasteiger partial charge is 0.491 e. The Labute approximate surface area is 195 Å². The molecule has 1 amide bonds. The molecule has 4 aromatic rings. The van der Waals surface area contributed by atoms with Crippen LogP contribution in [0.2, 0.25) is 0 Å². The van der Waals surface area contributed by atoms with Crippen molar-refractivity contribution in [3.63, 3.8) is 0 Å². The monoisotopic (exact) mass is 441 g/mol. The van der Waals surface area contributed by atoms with Crippen LogP contribution in [0.3, 0.4) is 0 Å². The van der Waals surface area contributed by atoms with Crippen LogP contribution in [0.5, 0.6) is 5.75 Å². The van der Waals surface area contributed by atoms with Crippen molar-refractivity contribution in [2.75, 3.05) is 13.2 Å². The summed E-state index contributed by atoms with van der Waals surface area (Å²) < 4.78 is 8.34. The first-order chi connectivity index (χ1) is 16.0. The molecule has 33 heavy (non-hydrogen) atoms. The molecule has 0 aliphatic rings. The Kier molecular flexibility index (Phi) is 7.08. The second kappa shape index (κ2) is 10.3. The number of amides is 1. The van der Waals surface area contributed by atoms with Crippen molar-refractivity contribution >= 4 is 16.9 Å². The number of aryl methyl sites for hydroxylation is 3. The SMILES string of the molecule is Cc1cccc(C(=O)NCCCc2nc3ccccc3n2CCOc2cccc(C)c2C)c1. The first-order valence-electron chi connectivity index (χ1n) is 11.5. The first kappa shape index (κ1) is 22.6. The van der Waals surface area contributed by atoms with E-state index in [2.05, 4.69) is 35.9 Å². The van der Waals surface area contributed by atoms with Crippen molar-refractivity contribution in [3.05, 3.63) is 94.8 Å². The van der Waals surface area contributed by atoms with E-state index < -0.39 is 0 Å². The summed E-state index contributed by atoms with van der Waals surface area (Å²) in [6.45, 7) is 8.08. The molecule has 0 saturated heterocycles. The summed E-state index contributed by atoms with van der Waals surface area (Å²) in [5, 5.41) is 3.03. The smallest absolute Gasteiger partial charge is 0.251 e. The number of nitrogens with zero attached hydrogens (tertiary/aromatic N) is 2. The van der Waals surface area contributed by atoms with Crippen LogP contribution in [0, 0.1) is 20.8 Å². The summed E-state index contributed by atoms with van der Waals surface area (Å²) in [6.07, 6.45) is 1.60. The van der Waals surface area contributed by atoms with Gasteiger partial charge in [0.15, 0.2) is 0 Å². The molecular weight excluding hydrogens is 410 g/mol. The number of rotatable bonds is 9. The summed E-state index contributed by atoms with van der Waals surface area (Å²) in [7, 11) is 0. The lowest BCUT2D eigenvalue weighted by Gasteiger charge is -2.13. The highest BCUT2D eigenvalue weighted by Crippen LogP contribution is 2.21. The van der Waals surface area contributed by atoms with E-state index in [9.17, 15) is 4.79 Å². The van der Waals surface area contributed by atoms with Gasteiger partial charge in [0.05, 0.1) is 17.6 Å². The zero-order chi connectivity index (χ0) is 23.2. The lowest BCUT2D eigenvalue weighted by Crippen LogP contribution is -2.25. The van der Waals surface area contributed by atoms with Gasteiger partial charge < -0.3 is 14.6 Å². The minimum atomic E-state index is -0.0332. The molecule has 1 aromatic heterocycles. The molecule has 0 unspecified atom stereocenters. The average Bonchev–Trinajstić information content (AvgIpc) is 3.17. The number of ether oxygens (including phenoxy) is 1. The third-order valence-corrected chi connectivity index (χ3v) is 6.00. The van der Waals surface area contributed by atoms with Gasteiger partial charge >= 0.3 is 0 Å². The molecule has 0 radical (unpaired) electrons. The van der Waals surface area contributed by atoms with Gasteiger partial charge in [0.1, 0.15) is 18.2 Å². The molecular formula is C28H31N3O2. The van der Waals surface area contributed by atoms with Crippen molar-refractivity contribution in [3.8, 4) is 5.75 Å². The van der Waals surface area contributed by atoms with Crippen LogP contribution in [0.15, 0.2) is 66.7 Å². The van der Waals surface area contributed by atoms with Crippen molar-refractivity contribution in [2.45, 2.75) is 40.2 Å². The van der Waals surface area contributed by atoms with Crippen LogP contribution in [0.25, 0.3) is 11.0 Å². The van der Waals surface area contributed by atoms with Crippen molar-refractivity contribution in [1.82, 2.24) is 14.9 Å². The highest BCUT2D eigenvalue weighted by Gasteiger charge is 2.12. The Morgan fingerprint density at radius 1 is 1.00 bits per heavy atom. The van der Waals surface area contributed by atoms with Gasteiger partial charge in [-0.15, -0.1) is 0 Å². The third-order valence-electron chi connectivity index (χ3n) is 6.00. The van der Waals surface area contributed by atoms with Crippen LogP contribution in [0.4, 0.5) is 0 Å². The molecule has 1 N–H and O–H groups in total. The molecule has 0 spiro atoms. The second-order valence-corrected chi connectivity index (χ2v) is 8.44. The number of benzene rings is 3. The van der Waals surface area contributed by atoms with Crippen molar-refractivity contribution < 1.29 is 9.53 Å². The van der Waals surface area contributed by atoms with Crippen molar-refractivity contribution in [2.24, 2.45) is 0 Å². The van der Waals surface area contributed by atoms with Gasteiger partial charge in [-0.3, -0.25) is 4.79 Å². The molecule has 4 rings (SSSR count). The predicted molar refractivity (Wildman–Crippen MR) is 133 cm³/mol. The molecule has 0 bridgehead atoms. The van der Waals surface area contributed by atoms with E-state index in [4.69, 9.17) is 9.72 Å². The van der Waals surface area contributed by atoms with E-state index in [1.165, 1.54) is 11.1 Å². The number of hydrogen-bond donors (Lipinski definition) is 1. The molecule has 1 heterocycles. The van der Waals surface area contributed by atoms with Crippen LogP contribution in [-0.2, 0) is 13.0 Å². The molecule has 0 aliphatic heterocycles. The van der Waals surface area contributed by atoms with E-state index in [1.54, 1.807) is 0 Å². The normalized spacial score (nSPS) is 11.0. The summed E-state index contributed by atoms with van der Waals surface area (Å²) in [4.78, 5) is 17.2. The van der Waals surface area contributed by atoms with Gasteiger partial charge in [0.2, 0.25) is 0 Å². The maximum atomic E-state index is 12.4. The molecule has 3 aromatic carbocycles. The van der Waals surface area contributed by atoms with Crippen LogP contribution < -0.4 is 10.1 Å². The average molecular weight is 442 g/mol. The first-order valence-corrected chi connectivity index (χ1v) is 11.5. The van der Waals surface area contributed by atoms with Crippen molar-refractivity contribution in [1.29, 1.82) is 0 Å². The Morgan fingerprint density at radius 2 is 1.82 bits per heavy atom. The maximum Gasteiger partial charge on any atom is 0.251 e. The molecule has 5 nitrogen and oxygen atoms in total. The Morgan fingerprint density at radius 3 is 2.67 bits per heavy atom. The van der Waals surface area contributed by atoms with Crippen LogP contribution in [-0.4, -0.2) is 28.6 Å². The zero-order valence-electron chi connectivity index (χ0n) is 19.6. The lowest BCUT2D eigenvalue weighted by molar-refractivity contribution is 0.0953. The summed E-state index contributed by atoms with van der Waals surface area (Å²) >= 11 is 0. The number of fused-ring (bicyclic) bond motifs is 1. The molecule has 0 atom stereocenters. The van der Waals surface area contributed by atoms with Crippen LogP contribution >= 0.6 is 0 Å². The second-order valence-electron chi connectivity index (χ2n) is 8.44.